The van der Waals surface area contributed by atoms with E-state index in [1.54, 1.807) is 0 Å². The smallest absolute Gasteiger partial charge is 0.184 e. The van der Waals surface area contributed by atoms with Crippen LogP contribution in [0.15, 0.2) is 60.7 Å². The number of aliphatic hydroxyl groups excluding tert-OH is 2. The van der Waals surface area contributed by atoms with Crippen LogP contribution in [0.3, 0.4) is 0 Å². The Morgan fingerprint density at radius 3 is 2.00 bits per heavy atom. The lowest BCUT2D eigenvalue weighted by Crippen LogP contribution is -2.51. The van der Waals surface area contributed by atoms with Crippen LogP contribution in [-0.2, 0) is 27.4 Å². The van der Waals surface area contributed by atoms with Gasteiger partial charge in [-0.15, -0.1) is 0 Å². The zero-order valence-electron chi connectivity index (χ0n) is 14.0. The van der Waals surface area contributed by atoms with E-state index in [1.807, 2.05) is 60.7 Å². The molecule has 5 heteroatoms. The molecule has 2 N–H and O–H groups in total. The summed E-state index contributed by atoms with van der Waals surface area (Å²) in [5, 5.41) is 19.7. The number of ether oxygens (including phenoxy) is 3. The molecule has 0 spiro atoms. The fraction of sp³-hybridized carbons (Fsp3) is 0.400. The molecular formula is C20H24O5. The average molecular weight is 344 g/mol. The van der Waals surface area contributed by atoms with Gasteiger partial charge >= 0.3 is 0 Å². The lowest BCUT2D eigenvalue weighted by molar-refractivity contribution is -0.275. The van der Waals surface area contributed by atoms with Crippen molar-refractivity contribution in [2.75, 3.05) is 6.61 Å². The lowest BCUT2D eigenvalue weighted by atomic mass is 10.0. The van der Waals surface area contributed by atoms with Gasteiger partial charge in [0.2, 0.25) is 0 Å². The summed E-state index contributed by atoms with van der Waals surface area (Å²) in [4.78, 5) is 0. The second kappa shape index (κ2) is 9.08. The van der Waals surface area contributed by atoms with Gasteiger partial charge in [0.05, 0.1) is 32.0 Å². The normalized spacial score (nSPS) is 26.5. The molecule has 25 heavy (non-hydrogen) atoms. The maximum atomic E-state index is 10.3. The molecule has 0 radical (unpaired) electrons. The summed E-state index contributed by atoms with van der Waals surface area (Å²) < 4.78 is 17.3. The molecule has 1 fully saturated rings. The summed E-state index contributed by atoms with van der Waals surface area (Å²) in [5.74, 6) is 0. The summed E-state index contributed by atoms with van der Waals surface area (Å²) >= 11 is 0. The van der Waals surface area contributed by atoms with Crippen molar-refractivity contribution < 1.29 is 24.4 Å². The van der Waals surface area contributed by atoms with Crippen molar-refractivity contribution in [2.45, 2.75) is 44.2 Å². The summed E-state index contributed by atoms with van der Waals surface area (Å²) in [7, 11) is 0. The van der Waals surface area contributed by atoms with Crippen LogP contribution in [0, 0.1) is 0 Å². The first-order chi connectivity index (χ1) is 12.3. The molecule has 0 aromatic heterocycles. The lowest BCUT2D eigenvalue weighted by Gasteiger charge is -2.38. The minimum absolute atomic E-state index is 0.159. The standard InChI is InChI=1S/C20H24O5/c21-12-17-11-18(23-13-15-7-3-1-4-8-15)19(20(22)25-17)24-14-16-9-5-2-6-10-16/h1-10,17-22H,11-14H2/t17-,18-,19+,20+/m0/s1. The quantitative estimate of drug-likeness (QED) is 0.806. The van der Waals surface area contributed by atoms with E-state index in [-0.39, 0.29) is 12.7 Å². The zero-order valence-corrected chi connectivity index (χ0v) is 14.0. The minimum atomic E-state index is -1.13. The number of aliphatic hydroxyl groups is 2. The number of benzene rings is 2. The van der Waals surface area contributed by atoms with Gasteiger partial charge in [0.15, 0.2) is 6.29 Å². The molecule has 1 saturated heterocycles. The van der Waals surface area contributed by atoms with E-state index in [2.05, 4.69) is 0 Å². The summed E-state index contributed by atoms with van der Waals surface area (Å²) in [6, 6.07) is 19.6. The van der Waals surface area contributed by atoms with E-state index in [1.165, 1.54) is 0 Å². The van der Waals surface area contributed by atoms with Gasteiger partial charge in [-0.2, -0.15) is 0 Å². The van der Waals surface area contributed by atoms with Crippen LogP contribution in [0.1, 0.15) is 17.5 Å². The van der Waals surface area contributed by atoms with E-state index in [4.69, 9.17) is 14.2 Å². The Morgan fingerprint density at radius 1 is 0.880 bits per heavy atom. The van der Waals surface area contributed by atoms with Crippen molar-refractivity contribution in [1.29, 1.82) is 0 Å². The molecule has 4 atom stereocenters. The molecule has 0 amide bonds. The van der Waals surface area contributed by atoms with Crippen LogP contribution in [0.5, 0.6) is 0 Å². The molecule has 0 aliphatic carbocycles. The van der Waals surface area contributed by atoms with Crippen molar-refractivity contribution in [3.05, 3.63) is 71.8 Å². The Labute approximate surface area is 147 Å². The molecule has 2 aromatic rings. The van der Waals surface area contributed by atoms with E-state index in [0.29, 0.717) is 19.6 Å². The van der Waals surface area contributed by atoms with E-state index in [0.717, 1.165) is 11.1 Å². The Balaban J connectivity index is 1.63. The van der Waals surface area contributed by atoms with E-state index < -0.39 is 18.5 Å². The molecule has 5 nitrogen and oxygen atoms in total. The van der Waals surface area contributed by atoms with Crippen LogP contribution in [-0.4, -0.2) is 41.4 Å². The van der Waals surface area contributed by atoms with Gasteiger partial charge in [-0.05, 0) is 11.1 Å². The van der Waals surface area contributed by atoms with E-state index >= 15 is 0 Å². The highest BCUT2D eigenvalue weighted by Crippen LogP contribution is 2.26. The molecular weight excluding hydrogens is 320 g/mol. The third-order valence-electron chi connectivity index (χ3n) is 4.27. The maximum Gasteiger partial charge on any atom is 0.184 e. The van der Waals surface area contributed by atoms with Gasteiger partial charge < -0.3 is 24.4 Å². The molecule has 2 aromatic carbocycles. The predicted octanol–water partition coefficient (Wildman–Crippen LogP) is 2.26. The molecule has 1 heterocycles. The van der Waals surface area contributed by atoms with E-state index in [9.17, 15) is 10.2 Å². The first-order valence-electron chi connectivity index (χ1n) is 8.51. The van der Waals surface area contributed by atoms with Crippen molar-refractivity contribution in [1.82, 2.24) is 0 Å². The highest BCUT2D eigenvalue weighted by atomic mass is 16.7. The largest absolute Gasteiger partial charge is 0.394 e. The third kappa shape index (κ3) is 5.11. The highest BCUT2D eigenvalue weighted by molar-refractivity contribution is 5.14. The van der Waals surface area contributed by atoms with Crippen LogP contribution < -0.4 is 0 Å². The third-order valence-corrected chi connectivity index (χ3v) is 4.27. The second-order valence-electron chi connectivity index (χ2n) is 6.16. The van der Waals surface area contributed by atoms with Crippen molar-refractivity contribution in [3.63, 3.8) is 0 Å². The molecule has 1 aliphatic heterocycles. The van der Waals surface area contributed by atoms with Crippen LogP contribution in [0.2, 0.25) is 0 Å². The summed E-state index contributed by atoms with van der Waals surface area (Å²) in [6.45, 7) is 0.621. The fourth-order valence-corrected chi connectivity index (χ4v) is 2.92. The Morgan fingerprint density at radius 2 is 1.44 bits per heavy atom. The topological polar surface area (TPSA) is 68.2 Å². The molecule has 0 saturated carbocycles. The van der Waals surface area contributed by atoms with Crippen molar-refractivity contribution in [3.8, 4) is 0 Å². The minimum Gasteiger partial charge on any atom is -0.394 e. The van der Waals surface area contributed by atoms with Gasteiger partial charge in [0, 0.05) is 6.42 Å². The number of hydrogen-bond donors (Lipinski definition) is 2. The van der Waals surface area contributed by atoms with Gasteiger partial charge in [-0.1, -0.05) is 60.7 Å². The maximum absolute atomic E-state index is 10.3. The van der Waals surface area contributed by atoms with Gasteiger partial charge in [0.1, 0.15) is 6.10 Å². The molecule has 0 unspecified atom stereocenters. The fourth-order valence-electron chi connectivity index (χ4n) is 2.92. The zero-order chi connectivity index (χ0) is 17.5. The van der Waals surface area contributed by atoms with Gasteiger partial charge in [-0.3, -0.25) is 0 Å². The summed E-state index contributed by atoms with van der Waals surface area (Å²) in [5.41, 5.74) is 2.06. The average Bonchev–Trinajstić information content (AvgIpc) is 2.67. The van der Waals surface area contributed by atoms with Crippen LogP contribution in [0.4, 0.5) is 0 Å². The predicted molar refractivity (Wildman–Crippen MR) is 92.6 cm³/mol. The number of hydrogen-bond acceptors (Lipinski definition) is 5. The molecule has 134 valence electrons. The van der Waals surface area contributed by atoms with Crippen LogP contribution in [0.25, 0.3) is 0 Å². The summed E-state index contributed by atoms with van der Waals surface area (Å²) in [6.07, 6.45) is -2.07. The molecule has 1 aliphatic rings. The molecule has 0 bridgehead atoms. The van der Waals surface area contributed by atoms with Crippen LogP contribution >= 0.6 is 0 Å². The SMILES string of the molecule is OC[C@@H]1C[C@H](OCc2ccccc2)[C@@H](OCc2ccccc2)[C@H](O)O1. The van der Waals surface area contributed by atoms with Gasteiger partial charge in [0.25, 0.3) is 0 Å². The molecule has 3 rings (SSSR count). The highest BCUT2D eigenvalue weighted by Gasteiger charge is 2.39. The van der Waals surface area contributed by atoms with Crippen molar-refractivity contribution in [2.24, 2.45) is 0 Å². The Hall–Kier alpha value is -1.76. The first kappa shape index (κ1) is 18.0. The monoisotopic (exact) mass is 344 g/mol. The Kier molecular flexibility index (Phi) is 6.55. The van der Waals surface area contributed by atoms with Crippen molar-refractivity contribution >= 4 is 0 Å². The first-order valence-corrected chi connectivity index (χ1v) is 8.51. The Bertz CT molecular complexity index is 618. The second-order valence-corrected chi connectivity index (χ2v) is 6.16. The van der Waals surface area contributed by atoms with Gasteiger partial charge in [-0.25, -0.2) is 0 Å². The number of rotatable bonds is 7.